The van der Waals surface area contributed by atoms with Crippen LogP contribution in [0.2, 0.25) is 0 Å². The summed E-state index contributed by atoms with van der Waals surface area (Å²) >= 11 is 0. The number of hydrogen-bond acceptors (Lipinski definition) is 7. The third-order valence-corrected chi connectivity index (χ3v) is 8.20. The maximum absolute atomic E-state index is 11.4. The van der Waals surface area contributed by atoms with Crippen LogP contribution in [0.1, 0.15) is 47.1 Å². The van der Waals surface area contributed by atoms with Crippen molar-refractivity contribution < 1.29 is 32.5 Å². The van der Waals surface area contributed by atoms with Gasteiger partial charge in [-0.2, -0.15) is 0 Å². The van der Waals surface area contributed by atoms with Crippen LogP contribution in [0, 0.1) is 13.8 Å². The van der Waals surface area contributed by atoms with Crippen LogP contribution in [0.25, 0.3) is 11.1 Å². The number of anilines is 1. The first-order chi connectivity index (χ1) is 18.6. The van der Waals surface area contributed by atoms with Crippen LogP contribution in [0.15, 0.2) is 48.5 Å². The van der Waals surface area contributed by atoms with E-state index in [9.17, 15) is 13.2 Å². The normalized spacial score (nSPS) is 17.6. The molecule has 3 aromatic rings. The molecule has 2 aliphatic rings. The number of benzene rings is 3. The molecule has 0 radical (unpaired) electrons. The van der Waals surface area contributed by atoms with Crippen molar-refractivity contribution in [3.63, 3.8) is 0 Å². The number of rotatable bonds is 10. The van der Waals surface area contributed by atoms with Crippen molar-refractivity contribution >= 4 is 21.5 Å². The molecule has 0 saturated heterocycles. The van der Waals surface area contributed by atoms with E-state index in [0.29, 0.717) is 26.2 Å². The summed E-state index contributed by atoms with van der Waals surface area (Å²) in [6.45, 7) is 5.28. The number of nitrogens with one attached hydrogen (secondary N) is 1. The van der Waals surface area contributed by atoms with E-state index in [0.717, 1.165) is 56.3 Å². The number of ether oxygens (including phenoxy) is 3. The van der Waals surface area contributed by atoms with Crippen LogP contribution in [0.4, 0.5) is 5.69 Å². The lowest BCUT2D eigenvalue weighted by atomic mass is 9.92. The monoisotopic (exact) mass is 551 g/mol. The van der Waals surface area contributed by atoms with E-state index >= 15 is 0 Å². The zero-order valence-electron chi connectivity index (χ0n) is 22.3. The summed E-state index contributed by atoms with van der Waals surface area (Å²) in [4.78, 5) is 11.1. The Morgan fingerprint density at radius 3 is 2.54 bits per heavy atom. The van der Waals surface area contributed by atoms with Crippen LogP contribution in [-0.2, 0) is 14.6 Å². The fourth-order valence-electron chi connectivity index (χ4n) is 5.45. The smallest absolute Gasteiger partial charge is 0.304 e. The van der Waals surface area contributed by atoms with Gasteiger partial charge in [0.15, 0.2) is 0 Å². The predicted molar refractivity (Wildman–Crippen MR) is 150 cm³/mol. The number of carbonyl (C=O) groups is 1. The van der Waals surface area contributed by atoms with Gasteiger partial charge >= 0.3 is 5.97 Å². The Labute approximate surface area is 228 Å². The van der Waals surface area contributed by atoms with E-state index in [1.54, 1.807) is 0 Å². The third-order valence-electron chi connectivity index (χ3n) is 7.17. The highest BCUT2D eigenvalue weighted by Gasteiger charge is 2.30. The molecule has 0 aliphatic carbocycles. The molecule has 0 saturated carbocycles. The van der Waals surface area contributed by atoms with Gasteiger partial charge in [0, 0.05) is 40.6 Å². The van der Waals surface area contributed by atoms with E-state index in [4.69, 9.17) is 19.3 Å². The van der Waals surface area contributed by atoms with Crippen LogP contribution < -0.4 is 19.5 Å². The molecule has 8 nitrogen and oxygen atoms in total. The molecular formula is C30H33NO7S. The third kappa shape index (κ3) is 5.98. The van der Waals surface area contributed by atoms with Crippen molar-refractivity contribution in [2.24, 2.45) is 0 Å². The lowest BCUT2D eigenvalue weighted by molar-refractivity contribution is -0.137. The zero-order valence-corrected chi connectivity index (χ0v) is 23.1. The van der Waals surface area contributed by atoms with Gasteiger partial charge in [0.25, 0.3) is 0 Å². The molecule has 0 amide bonds. The Hall–Kier alpha value is -3.72. The second kappa shape index (κ2) is 10.8. The van der Waals surface area contributed by atoms with Gasteiger partial charge in [-0.3, -0.25) is 4.79 Å². The number of aliphatic carboxylic acids is 1. The number of carboxylic acid groups (broad SMARTS) is 1. The molecule has 0 aromatic heterocycles. The molecule has 2 atom stereocenters. The fraction of sp³-hybridized carbons (Fsp3) is 0.367. The van der Waals surface area contributed by atoms with Gasteiger partial charge in [-0.1, -0.05) is 24.3 Å². The van der Waals surface area contributed by atoms with E-state index < -0.39 is 15.8 Å². The van der Waals surface area contributed by atoms with Crippen molar-refractivity contribution in [3.05, 3.63) is 70.8 Å². The maximum Gasteiger partial charge on any atom is 0.304 e. The molecule has 3 aromatic carbocycles. The molecular weight excluding hydrogens is 518 g/mol. The number of hydrogen-bond donors (Lipinski definition) is 2. The second-order valence-electron chi connectivity index (χ2n) is 10.4. The van der Waals surface area contributed by atoms with Crippen molar-refractivity contribution in [1.29, 1.82) is 0 Å². The fourth-order valence-corrected chi connectivity index (χ4v) is 6.10. The zero-order chi connectivity index (χ0) is 27.7. The number of carboxylic acids is 1. The quantitative estimate of drug-likeness (QED) is 0.328. The molecule has 0 unspecified atom stereocenters. The summed E-state index contributed by atoms with van der Waals surface area (Å²) < 4.78 is 40.6. The summed E-state index contributed by atoms with van der Waals surface area (Å²) in [5.41, 5.74) is 7.10. The van der Waals surface area contributed by atoms with E-state index in [2.05, 4.69) is 17.4 Å². The number of aryl methyl sites for hydroxylation is 2. The number of fused-ring (bicyclic) bond motifs is 2. The maximum atomic E-state index is 11.4. The van der Waals surface area contributed by atoms with Crippen LogP contribution in [0.3, 0.4) is 0 Å². The Bertz CT molecular complexity index is 1490. The summed E-state index contributed by atoms with van der Waals surface area (Å²) in [5.74, 6) is 1.45. The average molecular weight is 552 g/mol. The Morgan fingerprint density at radius 2 is 1.82 bits per heavy atom. The second-order valence-corrected chi connectivity index (χ2v) is 12.6. The van der Waals surface area contributed by atoms with Gasteiger partial charge in [0.1, 0.15) is 33.7 Å². The van der Waals surface area contributed by atoms with Crippen LogP contribution in [0.5, 0.6) is 17.2 Å². The lowest BCUT2D eigenvalue weighted by Crippen LogP contribution is -2.11. The van der Waals surface area contributed by atoms with Crippen molar-refractivity contribution in [2.45, 2.75) is 38.6 Å². The van der Waals surface area contributed by atoms with Gasteiger partial charge in [0.2, 0.25) is 0 Å². The Balaban J connectivity index is 1.33. The van der Waals surface area contributed by atoms with E-state index in [1.807, 2.05) is 50.2 Å². The minimum Gasteiger partial charge on any atom is -0.494 e. The topological polar surface area (TPSA) is 111 Å². The predicted octanol–water partition coefficient (Wildman–Crippen LogP) is 5.28. The molecule has 2 aliphatic heterocycles. The minimum atomic E-state index is -3.00. The summed E-state index contributed by atoms with van der Waals surface area (Å²) in [6.07, 6.45) is 1.74. The van der Waals surface area contributed by atoms with Crippen molar-refractivity contribution in [1.82, 2.24) is 0 Å². The summed E-state index contributed by atoms with van der Waals surface area (Å²) in [5, 5.41) is 12.7. The largest absolute Gasteiger partial charge is 0.494 e. The molecule has 0 spiro atoms. The molecule has 39 heavy (non-hydrogen) atoms. The SMILES string of the molecule is Cc1cc(OCCCS(C)(=O)=O)cc(C)c1-c1cccc2c1OC[C@H]2Nc1ccc2c(c1)OC[C@H]2CC(=O)O. The average Bonchev–Trinajstić information content (AvgIpc) is 3.45. The highest BCUT2D eigenvalue weighted by molar-refractivity contribution is 7.90. The van der Waals surface area contributed by atoms with Crippen LogP contribution >= 0.6 is 0 Å². The number of para-hydroxylation sites is 1. The summed E-state index contributed by atoms with van der Waals surface area (Å²) in [6, 6.07) is 15.9. The van der Waals surface area contributed by atoms with Crippen LogP contribution in [-0.4, -0.2) is 51.3 Å². The molecule has 0 fully saturated rings. The highest BCUT2D eigenvalue weighted by Crippen LogP contribution is 2.45. The number of sulfone groups is 1. The first-order valence-electron chi connectivity index (χ1n) is 13.0. The first kappa shape index (κ1) is 26.9. The Morgan fingerprint density at radius 1 is 1.05 bits per heavy atom. The van der Waals surface area contributed by atoms with Gasteiger partial charge in [-0.25, -0.2) is 8.42 Å². The standard InChI is InChI=1S/C30H33NO7S/c1-18-12-22(36-10-5-11-39(3,34)35)13-19(2)29(18)25-7-4-6-24-26(17-38-30(24)25)31-21-8-9-23-20(14-28(32)33)16-37-27(23)15-21/h4,6-9,12-13,15,20,26,31H,5,10-11,14,16-17H2,1-3H3,(H,32,33)/t20-,26-/m1/s1. The van der Waals surface area contributed by atoms with Gasteiger partial charge in [-0.15, -0.1) is 0 Å². The van der Waals surface area contributed by atoms with Gasteiger partial charge in [-0.05, 0) is 55.2 Å². The van der Waals surface area contributed by atoms with Gasteiger partial charge < -0.3 is 24.6 Å². The van der Waals surface area contributed by atoms with Crippen molar-refractivity contribution in [3.8, 4) is 28.4 Å². The molecule has 2 N–H and O–H groups in total. The molecule has 206 valence electrons. The van der Waals surface area contributed by atoms with Gasteiger partial charge in [0.05, 0.1) is 31.4 Å². The Kier molecular flexibility index (Phi) is 7.44. The molecule has 9 heteroatoms. The van der Waals surface area contributed by atoms with Crippen molar-refractivity contribution in [2.75, 3.05) is 37.1 Å². The van der Waals surface area contributed by atoms with E-state index in [-0.39, 0.29) is 24.1 Å². The molecule has 2 heterocycles. The minimum absolute atomic E-state index is 0.0488. The molecule has 5 rings (SSSR count). The highest BCUT2D eigenvalue weighted by atomic mass is 32.2. The summed E-state index contributed by atoms with van der Waals surface area (Å²) in [7, 11) is -3.00. The molecule has 0 bridgehead atoms. The first-order valence-corrected chi connectivity index (χ1v) is 15.1. The van der Waals surface area contributed by atoms with E-state index in [1.165, 1.54) is 6.26 Å². The lowest BCUT2D eigenvalue weighted by Gasteiger charge is -2.17.